The summed E-state index contributed by atoms with van der Waals surface area (Å²) in [4.78, 5) is 27.0. The number of hydrogen-bond donors (Lipinski definition) is 2. The largest absolute Gasteiger partial charge is 0.507 e. The summed E-state index contributed by atoms with van der Waals surface area (Å²) in [6.45, 7) is 0.643. The molecular formula is C19H18N2O5. The number of nitrogens with one attached hydrogen (secondary N) is 1. The van der Waals surface area contributed by atoms with E-state index in [1.807, 2.05) is 0 Å². The zero-order valence-electron chi connectivity index (χ0n) is 14.0. The van der Waals surface area contributed by atoms with E-state index < -0.39 is 6.04 Å². The third-order valence-corrected chi connectivity index (χ3v) is 4.59. The van der Waals surface area contributed by atoms with Crippen molar-refractivity contribution in [1.82, 2.24) is 4.90 Å². The topological polar surface area (TPSA) is 88.1 Å². The van der Waals surface area contributed by atoms with E-state index in [2.05, 4.69) is 5.32 Å². The van der Waals surface area contributed by atoms with Crippen LogP contribution in [0.2, 0.25) is 0 Å². The highest BCUT2D eigenvalue weighted by Gasteiger charge is 2.35. The molecule has 7 heteroatoms. The molecule has 0 saturated carbocycles. The first kappa shape index (κ1) is 16.3. The lowest BCUT2D eigenvalue weighted by Crippen LogP contribution is -2.43. The molecule has 0 unspecified atom stereocenters. The quantitative estimate of drug-likeness (QED) is 0.883. The van der Waals surface area contributed by atoms with Crippen molar-refractivity contribution in [2.75, 3.05) is 18.7 Å². The molecule has 2 aromatic rings. The molecule has 2 aliphatic rings. The summed E-state index contributed by atoms with van der Waals surface area (Å²) in [5.74, 6) is 0.535. The van der Waals surface area contributed by atoms with Crippen molar-refractivity contribution >= 4 is 17.5 Å². The Kier molecular flexibility index (Phi) is 4.12. The van der Waals surface area contributed by atoms with E-state index in [1.54, 1.807) is 36.4 Å². The minimum atomic E-state index is -0.576. The maximum Gasteiger partial charge on any atom is 0.258 e. The van der Waals surface area contributed by atoms with Crippen molar-refractivity contribution in [2.24, 2.45) is 0 Å². The molecule has 4 rings (SSSR count). The Labute approximate surface area is 150 Å². The van der Waals surface area contributed by atoms with Crippen molar-refractivity contribution in [1.29, 1.82) is 0 Å². The Hall–Kier alpha value is -3.22. The number of carbonyl (C=O) groups is 2. The standard InChI is InChI=1S/C19H18N2O5/c22-15-6-2-1-4-13(15)19(24)21-9-3-5-14(21)18(23)20-12-7-8-16-17(10-12)26-11-25-16/h1-2,4,6-8,10,14,22H,3,5,9,11H2,(H,20,23)/t14-/m0/s1. The van der Waals surface area contributed by atoms with Crippen molar-refractivity contribution in [2.45, 2.75) is 18.9 Å². The molecule has 0 spiro atoms. The van der Waals surface area contributed by atoms with Gasteiger partial charge in [-0.1, -0.05) is 12.1 Å². The summed E-state index contributed by atoms with van der Waals surface area (Å²) in [6.07, 6.45) is 1.31. The van der Waals surface area contributed by atoms with Crippen molar-refractivity contribution in [3.8, 4) is 17.2 Å². The lowest BCUT2D eigenvalue weighted by Gasteiger charge is -2.24. The SMILES string of the molecule is O=C(Nc1ccc2c(c1)OCO2)[C@@H]1CCCN1C(=O)c1ccccc1O. The number of para-hydroxylation sites is 1. The van der Waals surface area contributed by atoms with Gasteiger partial charge >= 0.3 is 0 Å². The molecular weight excluding hydrogens is 336 g/mol. The van der Waals surface area contributed by atoms with Crippen LogP contribution in [0.5, 0.6) is 17.2 Å². The Morgan fingerprint density at radius 3 is 2.77 bits per heavy atom. The van der Waals surface area contributed by atoms with Gasteiger partial charge in [-0.2, -0.15) is 0 Å². The molecule has 134 valence electrons. The fourth-order valence-electron chi connectivity index (χ4n) is 3.29. The Morgan fingerprint density at radius 1 is 1.12 bits per heavy atom. The van der Waals surface area contributed by atoms with Crippen LogP contribution >= 0.6 is 0 Å². The molecule has 1 fully saturated rings. The van der Waals surface area contributed by atoms with E-state index in [-0.39, 0.29) is 29.9 Å². The fourth-order valence-corrected chi connectivity index (χ4v) is 3.29. The minimum absolute atomic E-state index is 0.0840. The Bertz CT molecular complexity index is 867. The van der Waals surface area contributed by atoms with Crippen LogP contribution in [0.1, 0.15) is 23.2 Å². The van der Waals surface area contributed by atoms with Crippen LogP contribution in [0.25, 0.3) is 0 Å². The number of anilines is 1. The van der Waals surface area contributed by atoms with E-state index in [4.69, 9.17) is 9.47 Å². The number of rotatable bonds is 3. The first-order chi connectivity index (χ1) is 12.6. The highest BCUT2D eigenvalue weighted by atomic mass is 16.7. The number of fused-ring (bicyclic) bond motifs is 1. The molecule has 1 atom stereocenters. The van der Waals surface area contributed by atoms with Crippen molar-refractivity contribution < 1.29 is 24.2 Å². The molecule has 2 aromatic carbocycles. The van der Waals surface area contributed by atoms with Crippen LogP contribution in [-0.4, -0.2) is 41.2 Å². The van der Waals surface area contributed by atoms with Gasteiger partial charge in [-0.05, 0) is 37.1 Å². The second kappa shape index (κ2) is 6.59. The van der Waals surface area contributed by atoms with Gasteiger partial charge in [0, 0.05) is 18.3 Å². The molecule has 2 amide bonds. The zero-order valence-corrected chi connectivity index (χ0v) is 14.0. The molecule has 0 bridgehead atoms. The van der Waals surface area contributed by atoms with Crippen LogP contribution in [0.3, 0.4) is 0 Å². The van der Waals surface area contributed by atoms with Gasteiger partial charge in [0.2, 0.25) is 12.7 Å². The first-order valence-electron chi connectivity index (χ1n) is 8.43. The smallest absolute Gasteiger partial charge is 0.258 e. The van der Waals surface area contributed by atoms with Gasteiger partial charge < -0.3 is 24.8 Å². The average Bonchev–Trinajstić information content (AvgIpc) is 3.30. The van der Waals surface area contributed by atoms with Crippen molar-refractivity contribution in [3.05, 3.63) is 48.0 Å². The Balaban J connectivity index is 1.50. The van der Waals surface area contributed by atoms with Gasteiger partial charge in [0.05, 0.1) is 5.56 Å². The van der Waals surface area contributed by atoms with E-state index in [9.17, 15) is 14.7 Å². The molecule has 0 aliphatic carbocycles. The number of phenolic OH excluding ortho intramolecular Hbond substituents is 1. The summed E-state index contributed by atoms with van der Waals surface area (Å²) >= 11 is 0. The summed E-state index contributed by atoms with van der Waals surface area (Å²) in [7, 11) is 0. The number of likely N-dealkylation sites (tertiary alicyclic amines) is 1. The molecule has 0 radical (unpaired) electrons. The molecule has 2 heterocycles. The van der Waals surface area contributed by atoms with Crippen LogP contribution in [0, 0.1) is 0 Å². The maximum absolute atomic E-state index is 12.7. The molecule has 26 heavy (non-hydrogen) atoms. The number of phenols is 1. The summed E-state index contributed by atoms with van der Waals surface area (Å²) in [6, 6.07) is 10.9. The lowest BCUT2D eigenvalue weighted by atomic mass is 10.1. The van der Waals surface area contributed by atoms with Crippen LogP contribution in [0.4, 0.5) is 5.69 Å². The third kappa shape index (κ3) is 2.92. The lowest BCUT2D eigenvalue weighted by molar-refractivity contribution is -0.119. The average molecular weight is 354 g/mol. The maximum atomic E-state index is 12.7. The molecule has 7 nitrogen and oxygen atoms in total. The van der Waals surface area contributed by atoms with E-state index >= 15 is 0 Å². The van der Waals surface area contributed by atoms with Crippen LogP contribution in [-0.2, 0) is 4.79 Å². The highest BCUT2D eigenvalue weighted by Crippen LogP contribution is 2.34. The van der Waals surface area contributed by atoms with Gasteiger partial charge in [0.15, 0.2) is 11.5 Å². The van der Waals surface area contributed by atoms with Crippen LogP contribution in [0.15, 0.2) is 42.5 Å². The van der Waals surface area contributed by atoms with Crippen LogP contribution < -0.4 is 14.8 Å². The normalized spacial score (nSPS) is 18.0. The second-order valence-electron chi connectivity index (χ2n) is 6.23. The molecule has 1 saturated heterocycles. The fraction of sp³-hybridized carbons (Fsp3) is 0.263. The summed E-state index contributed by atoms with van der Waals surface area (Å²) < 4.78 is 10.6. The number of hydrogen-bond acceptors (Lipinski definition) is 5. The number of carbonyl (C=O) groups excluding carboxylic acids is 2. The van der Waals surface area contributed by atoms with Crippen molar-refractivity contribution in [3.63, 3.8) is 0 Å². The number of ether oxygens (including phenoxy) is 2. The van der Waals surface area contributed by atoms with E-state index in [1.165, 1.54) is 11.0 Å². The second-order valence-corrected chi connectivity index (χ2v) is 6.23. The van der Waals surface area contributed by atoms with Gasteiger partial charge in [-0.25, -0.2) is 0 Å². The van der Waals surface area contributed by atoms with E-state index in [0.717, 1.165) is 6.42 Å². The predicted molar refractivity (Wildman–Crippen MR) is 93.4 cm³/mol. The summed E-state index contributed by atoms with van der Waals surface area (Å²) in [5, 5.41) is 12.8. The molecule has 2 aliphatic heterocycles. The highest BCUT2D eigenvalue weighted by molar-refractivity contribution is 6.02. The molecule has 2 N–H and O–H groups in total. The Morgan fingerprint density at radius 2 is 1.92 bits per heavy atom. The number of benzene rings is 2. The minimum Gasteiger partial charge on any atom is -0.507 e. The van der Waals surface area contributed by atoms with Gasteiger partial charge in [-0.3, -0.25) is 9.59 Å². The van der Waals surface area contributed by atoms with Gasteiger partial charge in [-0.15, -0.1) is 0 Å². The number of amides is 2. The van der Waals surface area contributed by atoms with Gasteiger partial charge in [0.25, 0.3) is 5.91 Å². The van der Waals surface area contributed by atoms with Gasteiger partial charge in [0.1, 0.15) is 11.8 Å². The molecule has 0 aromatic heterocycles. The van der Waals surface area contributed by atoms with E-state index in [0.29, 0.717) is 30.2 Å². The zero-order chi connectivity index (χ0) is 18.1. The first-order valence-corrected chi connectivity index (χ1v) is 8.43. The third-order valence-electron chi connectivity index (χ3n) is 4.59. The predicted octanol–water partition coefficient (Wildman–Crippen LogP) is 2.36. The summed E-state index contributed by atoms with van der Waals surface area (Å²) in [5.41, 5.74) is 0.788. The number of nitrogens with zero attached hydrogens (tertiary/aromatic N) is 1. The monoisotopic (exact) mass is 354 g/mol. The number of aromatic hydroxyl groups is 1.